The summed E-state index contributed by atoms with van der Waals surface area (Å²) in [4.78, 5) is 0. The van der Waals surface area contributed by atoms with Crippen LogP contribution in [0.3, 0.4) is 0 Å². The van der Waals surface area contributed by atoms with E-state index in [2.05, 4.69) is 0 Å². The summed E-state index contributed by atoms with van der Waals surface area (Å²) in [7, 11) is 0. The van der Waals surface area contributed by atoms with E-state index in [1.165, 1.54) is 12.1 Å². The Morgan fingerprint density at radius 2 is 1.86 bits per heavy atom. The Morgan fingerprint density at radius 3 is 2.36 bits per heavy atom. The second-order valence-corrected chi connectivity index (χ2v) is 3.53. The van der Waals surface area contributed by atoms with Crippen LogP contribution >= 0.6 is 23.2 Å². The Balaban J connectivity index is 2.89. The van der Waals surface area contributed by atoms with Gasteiger partial charge in [-0.25, -0.2) is 4.39 Å². The molecule has 1 aromatic carbocycles. The van der Waals surface area contributed by atoms with Crippen molar-refractivity contribution in [1.82, 2.24) is 0 Å². The normalized spacial score (nSPS) is 11.1. The molecule has 4 heteroatoms. The number of aliphatic hydroxyl groups is 1. The molecule has 0 aliphatic carbocycles. The van der Waals surface area contributed by atoms with Gasteiger partial charge in [-0.05, 0) is 24.1 Å². The lowest BCUT2D eigenvalue weighted by atomic mass is 10.2. The molecule has 1 aromatic rings. The van der Waals surface area contributed by atoms with E-state index >= 15 is 0 Å². The van der Waals surface area contributed by atoms with E-state index in [-0.39, 0.29) is 16.7 Å². The Morgan fingerprint density at radius 1 is 1.29 bits per heavy atom. The van der Waals surface area contributed by atoms with Gasteiger partial charge in [0.1, 0.15) is 0 Å². The number of benzene rings is 1. The van der Waals surface area contributed by atoms with Crippen molar-refractivity contribution in [2.24, 2.45) is 0 Å². The highest BCUT2D eigenvalue weighted by Crippen LogP contribution is 2.25. The molecular formula is C10H9Cl2FO. The van der Waals surface area contributed by atoms with Crippen LogP contribution in [0.5, 0.6) is 0 Å². The summed E-state index contributed by atoms with van der Waals surface area (Å²) in [6.07, 6.45) is 4.04. The van der Waals surface area contributed by atoms with Crippen molar-refractivity contribution in [2.45, 2.75) is 6.42 Å². The van der Waals surface area contributed by atoms with Crippen molar-refractivity contribution in [1.29, 1.82) is 0 Å². The topological polar surface area (TPSA) is 20.2 Å². The van der Waals surface area contributed by atoms with Crippen LogP contribution < -0.4 is 0 Å². The molecule has 76 valence electrons. The van der Waals surface area contributed by atoms with Gasteiger partial charge < -0.3 is 5.11 Å². The molecule has 0 saturated carbocycles. The molecule has 0 amide bonds. The van der Waals surface area contributed by atoms with E-state index < -0.39 is 5.82 Å². The van der Waals surface area contributed by atoms with Crippen LogP contribution in [0.25, 0.3) is 6.08 Å². The Bertz CT molecular complexity index is 327. The van der Waals surface area contributed by atoms with Crippen LogP contribution in [0.2, 0.25) is 10.0 Å². The van der Waals surface area contributed by atoms with Gasteiger partial charge in [-0.1, -0.05) is 35.4 Å². The standard InChI is InChI=1S/C10H9Cl2FO/c11-8-5-7(3-1-2-4-14)6-9(12)10(8)13/h1,3,5-6,14H,2,4H2. The molecule has 0 aromatic heterocycles. The zero-order valence-electron chi connectivity index (χ0n) is 7.30. The average Bonchev–Trinajstić information content (AvgIpc) is 2.14. The third-order valence-electron chi connectivity index (χ3n) is 1.61. The molecule has 0 unspecified atom stereocenters. The first-order chi connectivity index (χ1) is 6.65. The summed E-state index contributed by atoms with van der Waals surface area (Å²) in [5.41, 5.74) is 0.717. The highest BCUT2D eigenvalue weighted by Gasteiger charge is 2.05. The molecule has 0 fully saturated rings. The van der Waals surface area contributed by atoms with Crippen molar-refractivity contribution in [3.05, 3.63) is 39.6 Å². The summed E-state index contributed by atoms with van der Waals surface area (Å²) in [6, 6.07) is 2.97. The molecular weight excluding hydrogens is 226 g/mol. The maximum atomic E-state index is 13.0. The lowest BCUT2D eigenvalue weighted by Crippen LogP contribution is -1.82. The van der Waals surface area contributed by atoms with Crippen LogP contribution in [-0.4, -0.2) is 11.7 Å². The molecule has 0 saturated heterocycles. The van der Waals surface area contributed by atoms with E-state index in [1.807, 2.05) is 0 Å². The fraction of sp³-hybridized carbons (Fsp3) is 0.200. The number of hydrogen-bond donors (Lipinski definition) is 1. The summed E-state index contributed by atoms with van der Waals surface area (Å²) < 4.78 is 13.0. The van der Waals surface area contributed by atoms with Gasteiger partial charge >= 0.3 is 0 Å². The second-order valence-electron chi connectivity index (χ2n) is 2.71. The van der Waals surface area contributed by atoms with E-state index in [9.17, 15) is 4.39 Å². The summed E-state index contributed by atoms with van der Waals surface area (Å²) in [5, 5.41) is 8.54. The highest BCUT2D eigenvalue weighted by molar-refractivity contribution is 6.35. The van der Waals surface area contributed by atoms with Crippen LogP contribution in [0.4, 0.5) is 4.39 Å². The van der Waals surface area contributed by atoms with Gasteiger partial charge in [0, 0.05) is 6.61 Å². The number of halogens is 3. The lowest BCUT2D eigenvalue weighted by Gasteiger charge is -1.99. The monoisotopic (exact) mass is 234 g/mol. The zero-order valence-corrected chi connectivity index (χ0v) is 8.82. The Kier molecular flexibility index (Phi) is 4.39. The smallest absolute Gasteiger partial charge is 0.160 e. The van der Waals surface area contributed by atoms with Crippen molar-refractivity contribution >= 4 is 29.3 Å². The van der Waals surface area contributed by atoms with Gasteiger partial charge in [0.05, 0.1) is 10.0 Å². The maximum absolute atomic E-state index is 13.0. The predicted octanol–water partition coefficient (Wildman–Crippen LogP) is 3.53. The molecule has 0 aliphatic heterocycles. The first kappa shape index (κ1) is 11.5. The molecule has 1 nitrogen and oxygen atoms in total. The first-order valence-electron chi connectivity index (χ1n) is 4.07. The number of rotatable bonds is 3. The van der Waals surface area contributed by atoms with Crippen LogP contribution in [0, 0.1) is 5.82 Å². The summed E-state index contributed by atoms with van der Waals surface area (Å²) in [5.74, 6) is -0.604. The van der Waals surface area contributed by atoms with Gasteiger partial charge in [0.15, 0.2) is 5.82 Å². The molecule has 0 aliphatic rings. The molecule has 0 atom stereocenters. The maximum Gasteiger partial charge on any atom is 0.160 e. The van der Waals surface area contributed by atoms with Crippen molar-refractivity contribution in [3.8, 4) is 0 Å². The molecule has 0 radical (unpaired) electrons. The number of hydrogen-bond acceptors (Lipinski definition) is 1. The third-order valence-corrected chi connectivity index (χ3v) is 2.16. The van der Waals surface area contributed by atoms with Gasteiger partial charge in [-0.15, -0.1) is 0 Å². The number of aliphatic hydroxyl groups excluding tert-OH is 1. The molecule has 14 heavy (non-hydrogen) atoms. The van der Waals surface area contributed by atoms with Gasteiger partial charge in [0.2, 0.25) is 0 Å². The summed E-state index contributed by atoms with van der Waals surface area (Å²) in [6.45, 7) is 0.0825. The third kappa shape index (κ3) is 2.98. The molecule has 0 spiro atoms. The van der Waals surface area contributed by atoms with Crippen LogP contribution in [0.15, 0.2) is 18.2 Å². The van der Waals surface area contributed by atoms with Gasteiger partial charge in [-0.2, -0.15) is 0 Å². The SMILES string of the molecule is OCCC=Cc1cc(Cl)c(F)c(Cl)c1. The highest BCUT2D eigenvalue weighted by atomic mass is 35.5. The van der Waals surface area contributed by atoms with Gasteiger partial charge in [0.25, 0.3) is 0 Å². The predicted molar refractivity (Wildman–Crippen MR) is 57.2 cm³/mol. The fourth-order valence-electron chi connectivity index (χ4n) is 0.965. The minimum Gasteiger partial charge on any atom is -0.396 e. The minimum absolute atomic E-state index is 0.00106. The van der Waals surface area contributed by atoms with Crippen LogP contribution in [0.1, 0.15) is 12.0 Å². The summed E-state index contributed by atoms with van der Waals surface area (Å²) >= 11 is 11.2. The van der Waals surface area contributed by atoms with E-state index in [0.29, 0.717) is 6.42 Å². The molecule has 1 rings (SSSR count). The lowest BCUT2D eigenvalue weighted by molar-refractivity contribution is 0.303. The fourth-order valence-corrected chi connectivity index (χ4v) is 1.47. The Labute approximate surface area is 91.8 Å². The van der Waals surface area contributed by atoms with Crippen LogP contribution in [-0.2, 0) is 0 Å². The largest absolute Gasteiger partial charge is 0.396 e. The molecule has 0 heterocycles. The zero-order chi connectivity index (χ0) is 10.6. The quantitative estimate of drug-likeness (QED) is 0.794. The van der Waals surface area contributed by atoms with E-state index in [4.69, 9.17) is 28.3 Å². The Hall–Kier alpha value is -0.570. The van der Waals surface area contributed by atoms with E-state index in [0.717, 1.165) is 5.56 Å². The minimum atomic E-state index is -0.604. The van der Waals surface area contributed by atoms with Gasteiger partial charge in [-0.3, -0.25) is 0 Å². The second kappa shape index (κ2) is 5.35. The average molecular weight is 235 g/mol. The van der Waals surface area contributed by atoms with Crippen molar-refractivity contribution in [2.75, 3.05) is 6.61 Å². The van der Waals surface area contributed by atoms with Crippen molar-refractivity contribution < 1.29 is 9.50 Å². The molecule has 0 bridgehead atoms. The molecule has 1 N–H and O–H groups in total. The van der Waals surface area contributed by atoms with Crippen molar-refractivity contribution in [3.63, 3.8) is 0 Å². The van der Waals surface area contributed by atoms with E-state index in [1.54, 1.807) is 12.2 Å². The first-order valence-corrected chi connectivity index (χ1v) is 4.82.